The molecule has 0 radical (unpaired) electrons. The van der Waals surface area contributed by atoms with Gasteiger partial charge < -0.3 is 9.47 Å². The van der Waals surface area contributed by atoms with Crippen molar-refractivity contribution in [3.8, 4) is 11.5 Å². The largest absolute Gasteiger partial charge is 0.493 e. The van der Waals surface area contributed by atoms with E-state index in [1.165, 1.54) is 13.8 Å². The molecule has 4 heteroatoms. The number of benzene rings is 2. The molecule has 0 spiro atoms. The topological polar surface area (TPSA) is 52.6 Å². The number of carbonyl (C=O) groups excluding carboxylic acids is 2. The standard InChI is InChI=1S/C20H22O4/c1-15(21)17-9-3-5-11-19(17)23-13-7-8-14-24-20-12-6-4-10-18(20)16(2)22/h3-6,9-12H,7-8,13-14H2,1-2H3. The zero-order chi connectivity index (χ0) is 17.4. The van der Waals surface area contributed by atoms with Crippen LogP contribution >= 0.6 is 0 Å². The molecule has 24 heavy (non-hydrogen) atoms. The van der Waals surface area contributed by atoms with Crippen molar-refractivity contribution in [3.05, 3.63) is 59.7 Å². The van der Waals surface area contributed by atoms with Crippen LogP contribution in [0.4, 0.5) is 0 Å². The van der Waals surface area contributed by atoms with Crippen LogP contribution in [0.1, 0.15) is 47.4 Å². The summed E-state index contributed by atoms with van der Waals surface area (Å²) in [5.74, 6) is 1.23. The Bertz CT molecular complexity index is 645. The molecule has 0 aromatic heterocycles. The number of ketones is 2. The van der Waals surface area contributed by atoms with Gasteiger partial charge in [-0.25, -0.2) is 0 Å². The first kappa shape index (κ1) is 17.7. The summed E-state index contributed by atoms with van der Waals surface area (Å²) < 4.78 is 11.4. The Labute approximate surface area is 142 Å². The minimum absolute atomic E-state index is 0.00484. The van der Waals surface area contributed by atoms with Crippen molar-refractivity contribution in [3.63, 3.8) is 0 Å². The lowest BCUT2D eigenvalue weighted by Crippen LogP contribution is -2.06. The van der Waals surface area contributed by atoms with Gasteiger partial charge >= 0.3 is 0 Å². The van der Waals surface area contributed by atoms with E-state index in [-0.39, 0.29) is 11.6 Å². The van der Waals surface area contributed by atoms with Crippen molar-refractivity contribution < 1.29 is 19.1 Å². The van der Waals surface area contributed by atoms with Crippen molar-refractivity contribution in [2.45, 2.75) is 26.7 Å². The molecular weight excluding hydrogens is 304 g/mol. The van der Waals surface area contributed by atoms with Gasteiger partial charge in [-0.15, -0.1) is 0 Å². The number of ether oxygens (including phenoxy) is 2. The second kappa shape index (κ2) is 8.87. The molecule has 0 N–H and O–H groups in total. The summed E-state index contributed by atoms with van der Waals surface area (Å²) in [5, 5.41) is 0. The Morgan fingerprint density at radius 1 is 0.708 bits per heavy atom. The molecule has 126 valence electrons. The molecule has 0 unspecified atom stereocenters. The van der Waals surface area contributed by atoms with Crippen LogP contribution in [0.25, 0.3) is 0 Å². The average Bonchev–Trinajstić information content (AvgIpc) is 2.58. The molecule has 0 saturated heterocycles. The third-order valence-electron chi connectivity index (χ3n) is 3.59. The molecule has 2 rings (SSSR count). The summed E-state index contributed by atoms with van der Waals surface area (Å²) >= 11 is 0. The first-order valence-electron chi connectivity index (χ1n) is 8.05. The van der Waals surface area contributed by atoms with Gasteiger partial charge in [-0.05, 0) is 51.0 Å². The quantitative estimate of drug-likeness (QED) is 0.508. The zero-order valence-electron chi connectivity index (χ0n) is 14.1. The van der Waals surface area contributed by atoms with Gasteiger partial charge in [-0.3, -0.25) is 9.59 Å². The molecule has 0 aliphatic carbocycles. The number of para-hydroxylation sites is 2. The predicted octanol–water partition coefficient (Wildman–Crippen LogP) is 4.33. The molecule has 2 aromatic carbocycles. The van der Waals surface area contributed by atoms with Crippen LogP contribution in [0.5, 0.6) is 11.5 Å². The van der Waals surface area contributed by atoms with Crippen LogP contribution in [0.2, 0.25) is 0 Å². The molecule has 0 amide bonds. The summed E-state index contributed by atoms with van der Waals surface area (Å²) in [6.45, 7) is 4.09. The van der Waals surface area contributed by atoms with Crippen LogP contribution in [-0.2, 0) is 0 Å². The highest BCUT2D eigenvalue weighted by Crippen LogP contribution is 2.20. The molecule has 0 aliphatic rings. The highest BCUT2D eigenvalue weighted by atomic mass is 16.5. The Hall–Kier alpha value is -2.62. The van der Waals surface area contributed by atoms with Crippen molar-refractivity contribution in [2.75, 3.05) is 13.2 Å². The lowest BCUT2D eigenvalue weighted by molar-refractivity contribution is 0.0999. The smallest absolute Gasteiger partial charge is 0.163 e. The number of hydrogen-bond donors (Lipinski definition) is 0. The van der Waals surface area contributed by atoms with E-state index >= 15 is 0 Å². The summed E-state index contributed by atoms with van der Waals surface area (Å²) in [6.07, 6.45) is 1.60. The van der Waals surface area contributed by atoms with Crippen LogP contribution in [-0.4, -0.2) is 24.8 Å². The Morgan fingerprint density at radius 2 is 1.08 bits per heavy atom. The predicted molar refractivity (Wildman–Crippen MR) is 93.1 cm³/mol. The third-order valence-corrected chi connectivity index (χ3v) is 3.59. The zero-order valence-corrected chi connectivity index (χ0v) is 14.1. The van der Waals surface area contributed by atoms with Crippen LogP contribution in [0, 0.1) is 0 Å². The van der Waals surface area contributed by atoms with E-state index in [2.05, 4.69) is 0 Å². The van der Waals surface area contributed by atoms with E-state index in [1.807, 2.05) is 24.3 Å². The van der Waals surface area contributed by atoms with E-state index in [0.29, 0.717) is 35.8 Å². The van der Waals surface area contributed by atoms with Crippen molar-refractivity contribution >= 4 is 11.6 Å². The first-order valence-corrected chi connectivity index (χ1v) is 8.05. The van der Waals surface area contributed by atoms with E-state index in [4.69, 9.17) is 9.47 Å². The molecule has 4 nitrogen and oxygen atoms in total. The molecule has 0 bridgehead atoms. The van der Waals surface area contributed by atoms with Crippen molar-refractivity contribution in [2.24, 2.45) is 0 Å². The van der Waals surface area contributed by atoms with Gasteiger partial charge in [0.2, 0.25) is 0 Å². The summed E-state index contributed by atoms with van der Waals surface area (Å²) in [4.78, 5) is 23.0. The fourth-order valence-corrected chi connectivity index (χ4v) is 2.34. The lowest BCUT2D eigenvalue weighted by atomic mass is 10.1. The van der Waals surface area contributed by atoms with E-state index in [0.717, 1.165) is 12.8 Å². The van der Waals surface area contributed by atoms with Gasteiger partial charge in [-0.1, -0.05) is 24.3 Å². The minimum atomic E-state index is -0.00484. The van der Waals surface area contributed by atoms with Crippen LogP contribution < -0.4 is 9.47 Å². The van der Waals surface area contributed by atoms with Gasteiger partial charge in [0.15, 0.2) is 11.6 Å². The molecule has 0 atom stereocenters. The van der Waals surface area contributed by atoms with Crippen molar-refractivity contribution in [1.82, 2.24) is 0 Å². The maximum atomic E-state index is 11.5. The molecule has 0 saturated carbocycles. The number of carbonyl (C=O) groups is 2. The van der Waals surface area contributed by atoms with E-state index in [9.17, 15) is 9.59 Å². The summed E-state index contributed by atoms with van der Waals surface area (Å²) in [6, 6.07) is 14.5. The van der Waals surface area contributed by atoms with Gasteiger partial charge in [0.1, 0.15) is 11.5 Å². The van der Waals surface area contributed by atoms with Crippen LogP contribution in [0.15, 0.2) is 48.5 Å². The molecule has 2 aromatic rings. The maximum Gasteiger partial charge on any atom is 0.163 e. The van der Waals surface area contributed by atoms with Crippen molar-refractivity contribution in [1.29, 1.82) is 0 Å². The highest BCUT2D eigenvalue weighted by molar-refractivity contribution is 5.97. The van der Waals surface area contributed by atoms with Gasteiger partial charge in [0.25, 0.3) is 0 Å². The van der Waals surface area contributed by atoms with Gasteiger partial charge in [-0.2, -0.15) is 0 Å². The van der Waals surface area contributed by atoms with E-state index in [1.54, 1.807) is 24.3 Å². The molecule has 0 heterocycles. The lowest BCUT2D eigenvalue weighted by Gasteiger charge is -2.11. The minimum Gasteiger partial charge on any atom is -0.493 e. The number of rotatable bonds is 9. The van der Waals surface area contributed by atoms with Gasteiger partial charge in [0, 0.05) is 0 Å². The normalized spacial score (nSPS) is 10.2. The third kappa shape index (κ3) is 4.95. The summed E-state index contributed by atoms with van der Waals surface area (Å²) in [7, 11) is 0. The molecular formula is C20H22O4. The fourth-order valence-electron chi connectivity index (χ4n) is 2.34. The highest BCUT2D eigenvalue weighted by Gasteiger charge is 2.08. The molecule has 0 aliphatic heterocycles. The Morgan fingerprint density at radius 3 is 1.46 bits per heavy atom. The SMILES string of the molecule is CC(=O)c1ccccc1OCCCCOc1ccccc1C(C)=O. The Kier molecular flexibility index (Phi) is 6.55. The average molecular weight is 326 g/mol. The summed E-state index contributed by atoms with van der Waals surface area (Å²) in [5.41, 5.74) is 1.20. The van der Waals surface area contributed by atoms with Crippen LogP contribution in [0.3, 0.4) is 0 Å². The second-order valence-corrected chi connectivity index (χ2v) is 5.51. The molecule has 0 fully saturated rings. The fraction of sp³-hybridized carbons (Fsp3) is 0.300. The van der Waals surface area contributed by atoms with Gasteiger partial charge in [0.05, 0.1) is 24.3 Å². The number of hydrogen-bond acceptors (Lipinski definition) is 4. The number of Topliss-reactive ketones (excluding diaryl/α,β-unsaturated/α-hetero) is 2. The monoisotopic (exact) mass is 326 g/mol. The maximum absolute atomic E-state index is 11.5. The second-order valence-electron chi connectivity index (χ2n) is 5.51. The number of unbranched alkanes of at least 4 members (excludes halogenated alkanes) is 1. The first-order chi connectivity index (χ1) is 11.6. The Balaban J connectivity index is 1.75. The van der Waals surface area contributed by atoms with E-state index < -0.39 is 0 Å².